The van der Waals surface area contributed by atoms with E-state index >= 15 is 0 Å². The fourth-order valence-electron chi connectivity index (χ4n) is 0.717. The molecule has 1 rings (SSSR count). The molecule has 0 amide bonds. The lowest BCUT2D eigenvalue weighted by Gasteiger charge is -2.07. The first kappa shape index (κ1) is 10.5. The maximum Gasteiger partial charge on any atom is 0.184 e. The van der Waals surface area contributed by atoms with E-state index < -0.39 is 10.8 Å². The highest BCUT2D eigenvalue weighted by Gasteiger charge is 2.06. The van der Waals surface area contributed by atoms with E-state index in [4.69, 9.17) is 5.73 Å². The Morgan fingerprint density at radius 3 is 3.00 bits per heavy atom. The third-order valence-electron chi connectivity index (χ3n) is 1.63. The van der Waals surface area contributed by atoms with E-state index in [0.717, 1.165) is 5.13 Å². The highest BCUT2D eigenvalue weighted by atomic mass is 32.2. The summed E-state index contributed by atoms with van der Waals surface area (Å²) >= 11 is 1.40. The Kier molecular flexibility index (Phi) is 3.68. The molecule has 3 N–H and O–H groups in total. The van der Waals surface area contributed by atoms with Crippen molar-refractivity contribution in [2.45, 2.75) is 12.2 Å². The number of nitrogens with one attached hydrogen (secondary N) is 1. The van der Waals surface area contributed by atoms with Crippen molar-refractivity contribution < 1.29 is 4.21 Å². The summed E-state index contributed by atoms with van der Waals surface area (Å²) in [5.74, 6) is 0. The van der Waals surface area contributed by atoms with Crippen LogP contribution in [0.15, 0.2) is 6.20 Å². The molecule has 1 aromatic rings. The van der Waals surface area contributed by atoms with Gasteiger partial charge in [-0.3, -0.25) is 4.21 Å². The maximum atomic E-state index is 11.0. The van der Waals surface area contributed by atoms with E-state index in [2.05, 4.69) is 10.3 Å². The highest BCUT2D eigenvalue weighted by molar-refractivity contribution is 7.84. The predicted octanol–water partition coefficient (Wildman–Crippen LogP) is 0.904. The molecule has 0 fully saturated rings. The van der Waals surface area contributed by atoms with Crippen LogP contribution in [-0.4, -0.2) is 27.2 Å². The summed E-state index contributed by atoms with van der Waals surface area (Å²) in [7, 11) is -0.794. The number of hydrogen-bond acceptors (Lipinski definition) is 5. The fourth-order valence-corrected chi connectivity index (χ4v) is 1.62. The molecule has 4 nitrogen and oxygen atoms in total. The normalized spacial score (nSPS) is 15.2. The molecule has 13 heavy (non-hydrogen) atoms. The van der Waals surface area contributed by atoms with Crippen LogP contribution in [0.1, 0.15) is 6.92 Å². The summed E-state index contributed by atoms with van der Waals surface area (Å²) in [4.78, 5) is 4.03. The smallest absolute Gasteiger partial charge is 0.184 e. The van der Waals surface area contributed by atoms with Crippen LogP contribution in [0.4, 0.5) is 10.1 Å². The molecule has 0 saturated carbocycles. The van der Waals surface area contributed by atoms with Gasteiger partial charge in [-0.25, -0.2) is 4.98 Å². The molecule has 0 aliphatic carbocycles. The number of thiazole rings is 1. The Morgan fingerprint density at radius 2 is 2.54 bits per heavy atom. The average Bonchev–Trinajstić information content (AvgIpc) is 2.47. The minimum atomic E-state index is -0.794. The lowest BCUT2D eigenvalue weighted by molar-refractivity contribution is 0.679. The van der Waals surface area contributed by atoms with Gasteiger partial charge in [-0.2, -0.15) is 0 Å². The van der Waals surface area contributed by atoms with E-state index in [1.165, 1.54) is 11.3 Å². The molecule has 1 heterocycles. The van der Waals surface area contributed by atoms with E-state index in [9.17, 15) is 4.21 Å². The molecule has 0 aromatic carbocycles. The number of aromatic nitrogens is 1. The van der Waals surface area contributed by atoms with Crippen molar-refractivity contribution in [2.24, 2.45) is 0 Å². The molecule has 0 aliphatic heterocycles. The van der Waals surface area contributed by atoms with Crippen LogP contribution in [-0.2, 0) is 10.8 Å². The number of nitrogens with two attached hydrogens (primary N) is 1. The third-order valence-corrected chi connectivity index (χ3v) is 3.72. The first-order valence-corrected chi connectivity index (χ1v) is 6.30. The molecule has 0 bridgehead atoms. The maximum absolute atomic E-state index is 11.0. The summed E-state index contributed by atoms with van der Waals surface area (Å²) in [6, 6.07) is 0. The van der Waals surface area contributed by atoms with Crippen LogP contribution in [0.5, 0.6) is 0 Å². The van der Waals surface area contributed by atoms with Gasteiger partial charge in [0.25, 0.3) is 0 Å². The summed E-state index contributed by atoms with van der Waals surface area (Å²) in [5.41, 5.74) is 5.50. The standard InChI is InChI=1S/C7H13N3OS2/c1-5(13(2)11)3-9-7-10-4-6(8)12-7/h4-5H,3,8H2,1-2H3,(H,9,10). The minimum absolute atomic E-state index is 0.130. The van der Waals surface area contributed by atoms with Crippen LogP contribution in [0, 0.1) is 0 Å². The number of nitrogens with zero attached hydrogens (tertiary/aromatic N) is 1. The van der Waals surface area contributed by atoms with Gasteiger partial charge in [0.15, 0.2) is 5.13 Å². The quantitative estimate of drug-likeness (QED) is 0.789. The number of rotatable bonds is 4. The van der Waals surface area contributed by atoms with E-state index in [1.807, 2.05) is 6.92 Å². The van der Waals surface area contributed by atoms with Crippen LogP contribution in [0.3, 0.4) is 0 Å². The topological polar surface area (TPSA) is 68.0 Å². The first-order valence-electron chi connectivity index (χ1n) is 3.87. The second-order valence-corrected chi connectivity index (χ2v) is 5.62. The van der Waals surface area contributed by atoms with Crippen molar-refractivity contribution >= 4 is 32.3 Å². The number of nitrogen functional groups attached to an aromatic ring is 1. The second kappa shape index (κ2) is 4.57. The average molecular weight is 219 g/mol. The van der Waals surface area contributed by atoms with Crippen molar-refractivity contribution in [3.05, 3.63) is 6.20 Å². The molecule has 0 saturated heterocycles. The summed E-state index contributed by atoms with van der Waals surface area (Å²) in [5, 5.41) is 4.69. The van der Waals surface area contributed by atoms with Crippen molar-refractivity contribution in [3.63, 3.8) is 0 Å². The zero-order valence-corrected chi connectivity index (χ0v) is 9.24. The Bertz CT molecular complexity index is 300. The van der Waals surface area contributed by atoms with Crippen LogP contribution >= 0.6 is 11.3 Å². The Hall–Kier alpha value is -0.620. The van der Waals surface area contributed by atoms with Crippen molar-refractivity contribution in [2.75, 3.05) is 23.9 Å². The molecular weight excluding hydrogens is 206 g/mol. The van der Waals surface area contributed by atoms with E-state index in [0.29, 0.717) is 11.5 Å². The molecular formula is C7H13N3OS2. The van der Waals surface area contributed by atoms with Crippen LogP contribution in [0.2, 0.25) is 0 Å². The zero-order valence-electron chi connectivity index (χ0n) is 7.61. The second-order valence-electron chi connectivity index (χ2n) is 2.76. The Morgan fingerprint density at radius 1 is 1.85 bits per heavy atom. The first-order chi connectivity index (χ1) is 6.09. The lowest BCUT2D eigenvalue weighted by atomic mass is 10.5. The van der Waals surface area contributed by atoms with Gasteiger partial charge in [0.2, 0.25) is 0 Å². The van der Waals surface area contributed by atoms with Gasteiger partial charge in [-0.05, 0) is 6.92 Å². The number of hydrogen-bond donors (Lipinski definition) is 2. The summed E-state index contributed by atoms with van der Waals surface area (Å²) < 4.78 is 11.0. The molecule has 0 aliphatic rings. The van der Waals surface area contributed by atoms with Gasteiger partial charge >= 0.3 is 0 Å². The highest BCUT2D eigenvalue weighted by Crippen LogP contribution is 2.19. The van der Waals surface area contributed by atoms with Gasteiger partial charge in [0, 0.05) is 28.9 Å². The SMILES string of the molecule is CC(CNc1ncc(N)s1)S(C)=O. The van der Waals surface area contributed by atoms with Gasteiger partial charge in [0.05, 0.1) is 6.20 Å². The van der Waals surface area contributed by atoms with E-state index in [1.54, 1.807) is 12.5 Å². The predicted molar refractivity (Wildman–Crippen MR) is 58.5 cm³/mol. The van der Waals surface area contributed by atoms with Gasteiger partial charge in [-0.15, -0.1) is 0 Å². The van der Waals surface area contributed by atoms with Gasteiger partial charge in [-0.1, -0.05) is 11.3 Å². The molecule has 0 spiro atoms. The Labute approximate surface area is 84.0 Å². The molecule has 1 aromatic heterocycles. The van der Waals surface area contributed by atoms with Crippen molar-refractivity contribution in [3.8, 4) is 0 Å². The molecule has 2 atom stereocenters. The molecule has 74 valence electrons. The summed E-state index contributed by atoms with van der Waals surface area (Å²) in [6.45, 7) is 2.59. The molecule has 0 radical (unpaired) electrons. The zero-order chi connectivity index (χ0) is 9.84. The monoisotopic (exact) mass is 219 g/mol. The van der Waals surface area contributed by atoms with Gasteiger partial charge < -0.3 is 11.1 Å². The third kappa shape index (κ3) is 3.31. The van der Waals surface area contributed by atoms with Crippen LogP contribution in [0.25, 0.3) is 0 Å². The molecule has 2 unspecified atom stereocenters. The van der Waals surface area contributed by atoms with Crippen molar-refractivity contribution in [1.82, 2.24) is 4.98 Å². The fraction of sp³-hybridized carbons (Fsp3) is 0.571. The lowest BCUT2D eigenvalue weighted by Crippen LogP contribution is -2.20. The number of anilines is 2. The van der Waals surface area contributed by atoms with Crippen LogP contribution < -0.4 is 11.1 Å². The largest absolute Gasteiger partial charge is 0.389 e. The Balaban J connectivity index is 2.39. The molecule has 6 heteroatoms. The minimum Gasteiger partial charge on any atom is -0.389 e. The summed E-state index contributed by atoms with van der Waals surface area (Å²) in [6.07, 6.45) is 3.31. The van der Waals surface area contributed by atoms with Gasteiger partial charge in [0.1, 0.15) is 5.00 Å². The van der Waals surface area contributed by atoms with Crippen molar-refractivity contribution in [1.29, 1.82) is 0 Å². The van der Waals surface area contributed by atoms with E-state index in [-0.39, 0.29) is 5.25 Å².